The molecule has 1 heterocycles. The molecule has 1 fully saturated rings. The Labute approximate surface area is 179 Å². The lowest BCUT2D eigenvalue weighted by Crippen LogP contribution is -2.50. The van der Waals surface area contributed by atoms with E-state index in [9.17, 15) is 9.59 Å². The largest absolute Gasteiger partial charge is 0.497 e. The molecule has 2 atom stereocenters. The Balaban J connectivity index is 1.60. The molecular weight excluding hydrogens is 398 g/mol. The lowest BCUT2D eigenvalue weighted by atomic mass is 9.54. The van der Waals surface area contributed by atoms with E-state index in [1.54, 1.807) is 31.4 Å². The summed E-state index contributed by atoms with van der Waals surface area (Å²) in [4.78, 5) is 27.7. The SMILES string of the molecule is COc1cccc(N2C(=O)[C@@H]3C4c5ccccc5C(Cl)(c5ccccc54)[C@@H]3C2=O)c1. The van der Waals surface area contributed by atoms with Crippen LogP contribution in [0.4, 0.5) is 5.69 Å². The van der Waals surface area contributed by atoms with E-state index in [2.05, 4.69) is 0 Å². The Hall–Kier alpha value is -3.11. The second kappa shape index (κ2) is 5.96. The number of anilines is 1. The molecule has 0 radical (unpaired) electrons. The summed E-state index contributed by atoms with van der Waals surface area (Å²) in [7, 11) is 1.56. The number of benzene rings is 3. The standard InChI is InChI=1S/C25H18ClNO3/c1-30-15-8-6-7-14(13-15)27-23(28)21-20-16-9-2-4-11-18(16)25(26,22(21)24(27)29)19-12-5-3-10-17(19)20/h2-13,20-22H,1H3/t20?,21-,22+,25?/m1/s1. The topological polar surface area (TPSA) is 46.6 Å². The van der Waals surface area contributed by atoms with Gasteiger partial charge in [-0.25, -0.2) is 4.90 Å². The number of nitrogens with zero attached hydrogens (tertiary/aromatic N) is 1. The van der Waals surface area contributed by atoms with Crippen LogP contribution in [-0.4, -0.2) is 18.9 Å². The smallest absolute Gasteiger partial charge is 0.240 e. The van der Waals surface area contributed by atoms with Gasteiger partial charge < -0.3 is 4.74 Å². The normalized spacial score (nSPS) is 28.2. The summed E-state index contributed by atoms with van der Waals surface area (Å²) < 4.78 is 5.30. The number of imide groups is 1. The molecule has 1 aliphatic heterocycles. The Morgan fingerprint density at radius 1 is 0.867 bits per heavy atom. The maximum absolute atomic E-state index is 13.7. The predicted molar refractivity (Wildman–Crippen MR) is 114 cm³/mol. The van der Waals surface area contributed by atoms with Gasteiger partial charge in [-0.3, -0.25) is 9.59 Å². The van der Waals surface area contributed by atoms with Gasteiger partial charge in [-0.05, 0) is 34.4 Å². The highest BCUT2D eigenvalue weighted by atomic mass is 35.5. The molecule has 1 saturated heterocycles. The first-order chi connectivity index (χ1) is 14.6. The molecule has 4 aliphatic rings. The number of carbonyl (C=O) groups is 2. The van der Waals surface area contributed by atoms with Crippen LogP contribution in [0.3, 0.4) is 0 Å². The molecule has 2 bridgehead atoms. The van der Waals surface area contributed by atoms with Crippen LogP contribution in [-0.2, 0) is 14.5 Å². The molecule has 5 heteroatoms. The van der Waals surface area contributed by atoms with Gasteiger partial charge >= 0.3 is 0 Å². The van der Waals surface area contributed by atoms with Crippen molar-refractivity contribution in [2.75, 3.05) is 12.0 Å². The summed E-state index contributed by atoms with van der Waals surface area (Å²) >= 11 is 7.41. The van der Waals surface area contributed by atoms with Crippen LogP contribution in [0.15, 0.2) is 72.8 Å². The number of halogens is 1. The van der Waals surface area contributed by atoms with E-state index < -0.39 is 16.7 Å². The van der Waals surface area contributed by atoms with Crippen LogP contribution in [0.1, 0.15) is 28.2 Å². The van der Waals surface area contributed by atoms with E-state index >= 15 is 0 Å². The molecule has 3 aliphatic carbocycles. The molecular formula is C25H18ClNO3. The predicted octanol–water partition coefficient (Wildman–Crippen LogP) is 4.44. The van der Waals surface area contributed by atoms with Gasteiger partial charge in [0.25, 0.3) is 0 Å². The fraction of sp³-hybridized carbons (Fsp3) is 0.200. The summed E-state index contributed by atoms with van der Waals surface area (Å²) in [5, 5.41) is 0. The van der Waals surface area contributed by atoms with E-state index in [0.29, 0.717) is 11.4 Å². The summed E-state index contributed by atoms with van der Waals surface area (Å²) in [6.07, 6.45) is 0. The van der Waals surface area contributed by atoms with Gasteiger partial charge in [-0.2, -0.15) is 0 Å². The van der Waals surface area contributed by atoms with Gasteiger partial charge in [0.2, 0.25) is 11.8 Å². The van der Waals surface area contributed by atoms with E-state index in [0.717, 1.165) is 22.3 Å². The summed E-state index contributed by atoms with van der Waals surface area (Å²) in [5.41, 5.74) is 4.48. The number of rotatable bonds is 2. The van der Waals surface area contributed by atoms with Gasteiger partial charge in [0.05, 0.1) is 24.6 Å². The van der Waals surface area contributed by atoms with E-state index in [1.807, 2.05) is 48.5 Å². The molecule has 2 amide bonds. The number of hydrogen-bond acceptors (Lipinski definition) is 3. The minimum atomic E-state index is -1.06. The Bertz CT molecular complexity index is 1190. The van der Waals surface area contributed by atoms with Crippen molar-refractivity contribution < 1.29 is 14.3 Å². The molecule has 3 aromatic rings. The maximum atomic E-state index is 13.7. The quantitative estimate of drug-likeness (QED) is 0.459. The number of ether oxygens (including phenoxy) is 1. The second-order valence-corrected chi connectivity index (χ2v) is 8.68. The minimum absolute atomic E-state index is 0.185. The monoisotopic (exact) mass is 415 g/mol. The Morgan fingerprint density at radius 3 is 2.13 bits per heavy atom. The summed E-state index contributed by atoms with van der Waals surface area (Å²) in [6.45, 7) is 0. The minimum Gasteiger partial charge on any atom is -0.497 e. The van der Waals surface area contributed by atoms with Gasteiger partial charge in [-0.1, -0.05) is 54.6 Å². The third kappa shape index (κ3) is 1.97. The Morgan fingerprint density at radius 2 is 1.50 bits per heavy atom. The number of alkyl halides is 1. The highest BCUT2D eigenvalue weighted by Crippen LogP contribution is 2.65. The zero-order valence-corrected chi connectivity index (χ0v) is 17.0. The summed E-state index contributed by atoms with van der Waals surface area (Å²) in [5.74, 6) is -1.20. The highest BCUT2D eigenvalue weighted by Gasteiger charge is 2.67. The van der Waals surface area contributed by atoms with Crippen molar-refractivity contribution in [1.82, 2.24) is 0 Å². The first-order valence-electron chi connectivity index (χ1n) is 9.97. The van der Waals surface area contributed by atoms with Crippen molar-refractivity contribution in [2.24, 2.45) is 11.8 Å². The number of carbonyl (C=O) groups excluding carboxylic acids is 2. The lowest BCUT2D eigenvalue weighted by Gasteiger charge is -2.50. The second-order valence-electron chi connectivity index (χ2n) is 8.08. The average Bonchev–Trinajstić information content (AvgIpc) is 3.06. The van der Waals surface area contributed by atoms with E-state index in [1.165, 1.54) is 4.90 Å². The molecule has 4 nitrogen and oxygen atoms in total. The van der Waals surface area contributed by atoms with Gasteiger partial charge in [0, 0.05) is 12.0 Å². The van der Waals surface area contributed by atoms with Crippen molar-refractivity contribution in [3.05, 3.63) is 95.1 Å². The zero-order chi connectivity index (χ0) is 20.6. The molecule has 0 N–H and O–H groups in total. The molecule has 0 aromatic heterocycles. The van der Waals surface area contributed by atoms with E-state index in [4.69, 9.17) is 16.3 Å². The van der Waals surface area contributed by atoms with Crippen molar-refractivity contribution in [2.45, 2.75) is 10.8 Å². The molecule has 3 aromatic carbocycles. The highest BCUT2D eigenvalue weighted by molar-refractivity contribution is 6.33. The van der Waals surface area contributed by atoms with Crippen molar-refractivity contribution in [3.8, 4) is 5.75 Å². The van der Waals surface area contributed by atoms with Crippen LogP contribution in [0.2, 0.25) is 0 Å². The molecule has 7 rings (SSSR count). The lowest BCUT2D eigenvalue weighted by molar-refractivity contribution is -0.122. The molecule has 0 saturated carbocycles. The Kier molecular flexibility index (Phi) is 3.52. The molecule has 30 heavy (non-hydrogen) atoms. The van der Waals surface area contributed by atoms with Crippen molar-refractivity contribution in [1.29, 1.82) is 0 Å². The van der Waals surface area contributed by atoms with Crippen LogP contribution >= 0.6 is 11.6 Å². The van der Waals surface area contributed by atoms with Crippen LogP contribution in [0, 0.1) is 11.8 Å². The third-order valence-electron chi connectivity index (χ3n) is 6.83. The fourth-order valence-corrected chi connectivity index (χ4v) is 6.26. The van der Waals surface area contributed by atoms with Gasteiger partial charge in [-0.15, -0.1) is 11.6 Å². The molecule has 0 unspecified atom stereocenters. The van der Waals surface area contributed by atoms with Gasteiger partial charge in [0.15, 0.2) is 0 Å². The third-order valence-corrected chi connectivity index (χ3v) is 7.47. The van der Waals surface area contributed by atoms with Crippen LogP contribution < -0.4 is 9.64 Å². The summed E-state index contributed by atoms with van der Waals surface area (Å²) in [6, 6.07) is 23.0. The average molecular weight is 416 g/mol. The fourth-order valence-electron chi connectivity index (χ4n) is 5.68. The van der Waals surface area contributed by atoms with Crippen LogP contribution in [0.5, 0.6) is 5.75 Å². The number of hydrogen-bond donors (Lipinski definition) is 0. The molecule has 148 valence electrons. The first kappa shape index (κ1) is 17.7. The number of amides is 2. The van der Waals surface area contributed by atoms with Gasteiger partial charge in [0.1, 0.15) is 10.6 Å². The van der Waals surface area contributed by atoms with Crippen molar-refractivity contribution in [3.63, 3.8) is 0 Å². The van der Waals surface area contributed by atoms with Crippen molar-refractivity contribution >= 4 is 29.1 Å². The van der Waals surface area contributed by atoms with E-state index in [-0.39, 0.29) is 17.7 Å². The van der Waals surface area contributed by atoms with Crippen LogP contribution in [0.25, 0.3) is 0 Å². The maximum Gasteiger partial charge on any atom is 0.240 e. The first-order valence-corrected chi connectivity index (χ1v) is 10.3. The zero-order valence-electron chi connectivity index (χ0n) is 16.2. The number of methoxy groups -OCH3 is 1. The molecule has 0 spiro atoms.